The number of nitrogens with zero attached hydrogens (tertiary/aromatic N) is 1. The molecule has 20 heavy (non-hydrogen) atoms. The Morgan fingerprint density at radius 3 is 2.50 bits per heavy atom. The molecular weight excluding hydrogens is 272 g/mol. The lowest BCUT2D eigenvalue weighted by Crippen LogP contribution is -2.35. The third-order valence-corrected chi connectivity index (χ3v) is 6.12. The van der Waals surface area contributed by atoms with Gasteiger partial charge in [0, 0.05) is 12.6 Å². The zero-order valence-electron chi connectivity index (χ0n) is 12.5. The van der Waals surface area contributed by atoms with E-state index in [1.165, 1.54) is 0 Å². The highest BCUT2D eigenvalue weighted by atomic mass is 32.2. The van der Waals surface area contributed by atoms with Crippen LogP contribution in [0.2, 0.25) is 0 Å². The van der Waals surface area contributed by atoms with Gasteiger partial charge in [-0.2, -0.15) is 4.31 Å². The fraction of sp³-hybridized carbons (Fsp3) is 0.600. The minimum absolute atomic E-state index is 0.172. The first kappa shape index (κ1) is 15.3. The first-order valence-electron chi connectivity index (χ1n) is 7.27. The van der Waals surface area contributed by atoms with Gasteiger partial charge in [-0.15, -0.1) is 0 Å². The molecule has 4 nitrogen and oxygen atoms in total. The lowest BCUT2D eigenvalue weighted by molar-refractivity contribution is 0.395. The van der Waals surface area contributed by atoms with Gasteiger partial charge >= 0.3 is 0 Å². The summed E-state index contributed by atoms with van der Waals surface area (Å²) < 4.78 is 27.6. The SMILES string of the molecule is CCCCN(C1CC1)S(=O)(=O)c1c(N)ccc(C)c1C. The van der Waals surface area contributed by atoms with Crippen LogP contribution in [0.5, 0.6) is 0 Å². The number of hydrogen-bond acceptors (Lipinski definition) is 3. The second-order valence-corrected chi connectivity index (χ2v) is 7.45. The zero-order valence-corrected chi connectivity index (χ0v) is 13.3. The molecule has 1 aliphatic carbocycles. The van der Waals surface area contributed by atoms with Crippen molar-refractivity contribution in [3.8, 4) is 0 Å². The molecule has 1 aromatic carbocycles. The standard InChI is InChI=1S/C15H24N2O2S/c1-4-5-10-17(13-7-8-13)20(18,19)15-12(3)11(2)6-9-14(15)16/h6,9,13H,4-5,7-8,10,16H2,1-3H3. The molecule has 0 bridgehead atoms. The fourth-order valence-electron chi connectivity index (χ4n) is 2.45. The molecule has 1 saturated carbocycles. The summed E-state index contributed by atoms with van der Waals surface area (Å²) in [6.45, 7) is 6.42. The fourth-order valence-corrected chi connectivity index (χ4v) is 4.57. The highest BCUT2D eigenvalue weighted by molar-refractivity contribution is 7.89. The number of aryl methyl sites for hydroxylation is 1. The maximum atomic E-state index is 13.0. The Labute approximate surface area is 122 Å². The van der Waals surface area contributed by atoms with E-state index in [1.54, 1.807) is 10.4 Å². The number of benzene rings is 1. The molecule has 0 saturated heterocycles. The Morgan fingerprint density at radius 2 is 1.95 bits per heavy atom. The van der Waals surface area contributed by atoms with Crippen LogP contribution in [0.1, 0.15) is 43.7 Å². The van der Waals surface area contributed by atoms with Gasteiger partial charge < -0.3 is 5.73 Å². The van der Waals surface area contributed by atoms with E-state index in [0.29, 0.717) is 17.1 Å². The summed E-state index contributed by atoms with van der Waals surface area (Å²) in [4.78, 5) is 0.306. The third-order valence-electron chi connectivity index (χ3n) is 3.96. The highest BCUT2D eigenvalue weighted by Gasteiger charge is 2.39. The monoisotopic (exact) mass is 296 g/mol. The van der Waals surface area contributed by atoms with Gasteiger partial charge in [-0.3, -0.25) is 0 Å². The lowest BCUT2D eigenvalue weighted by Gasteiger charge is -2.24. The van der Waals surface area contributed by atoms with E-state index in [9.17, 15) is 8.42 Å². The second kappa shape index (κ2) is 5.74. The Bertz CT molecular complexity index is 592. The molecule has 5 heteroatoms. The molecular formula is C15H24N2O2S. The summed E-state index contributed by atoms with van der Waals surface area (Å²) in [5, 5.41) is 0. The average molecular weight is 296 g/mol. The molecule has 0 spiro atoms. The lowest BCUT2D eigenvalue weighted by atomic mass is 10.1. The minimum Gasteiger partial charge on any atom is -0.398 e. The predicted molar refractivity (Wildman–Crippen MR) is 82.2 cm³/mol. The third kappa shape index (κ3) is 2.83. The van der Waals surface area contributed by atoms with Crippen LogP contribution in [0.25, 0.3) is 0 Å². The van der Waals surface area contributed by atoms with E-state index < -0.39 is 10.0 Å². The van der Waals surface area contributed by atoms with E-state index in [-0.39, 0.29) is 6.04 Å². The number of nitrogen functional groups attached to an aromatic ring is 1. The topological polar surface area (TPSA) is 63.4 Å². The Hall–Kier alpha value is -1.07. The normalized spacial score (nSPS) is 15.8. The summed E-state index contributed by atoms with van der Waals surface area (Å²) in [7, 11) is -3.49. The molecule has 112 valence electrons. The highest BCUT2D eigenvalue weighted by Crippen LogP contribution is 2.35. The molecule has 1 aromatic rings. The Balaban J connectivity index is 2.45. The minimum atomic E-state index is -3.49. The molecule has 0 heterocycles. The van der Waals surface area contributed by atoms with Crippen molar-refractivity contribution in [2.24, 2.45) is 0 Å². The van der Waals surface area contributed by atoms with Crippen LogP contribution >= 0.6 is 0 Å². The maximum Gasteiger partial charge on any atom is 0.245 e. The predicted octanol–water partition coefficient (Wildman–Crippen LogP) is 2.84. The van der Waals surface area contributed by atoms with Crippen molar-refractivity contribution in [3.05, 3.63) is 23.3 Å². The van der Waals surface area contributed by atoms with Crippen molar-refractivity contribution < 1.29 is 8.42 Å². The second-order valence-electron chi connectivity index (χ2n) is 5.63. The van der Waals surface area contributed by atoms with Crippen LogP contribution in [-0.4, -0.2) is 25.3 Å². The number of anilines is 1. The van der Waals surface area contributed by atoms with Gasteiger partial charge in [-0.25, -0.2) is 8.42 Å². The van der Waals surface area contributed by atoms with Gasteiger partial charge in [0.15, 0.2) is 0 Å². The van der Waals surface area contributed by atoms with E-state index in [2.05, 4.69) is 6.92 Å². The van der Waals surface area contributed by atoms with Crippen LogP contribution < -0.4 is 5.73 Å². The van der Waals surface area contributed by atoms with Gasteiger partial charge in [0.05, 0.1) is 5.69 Å². The van der Waals surface area contributed by atoms with E-state index >= 15 is 0 Å². The first-order chi connectivity index (χ1) is 9.39. The van der Waals surface area contributed by atoms with Crippen LogP contribution in [0, 0.1) is 13.8 Å². The molecule has 0 aromatic heterocycles. The Kier molecular flexibility index (Phi) is 4.39. The van der Waals surface area contributed by atoms with Crippen LogP contribution in [0.15, 0.2) is 17.0 Å². The molecule has 0 amide bonds. The number of sulfonamides is 1. The molecule has 0 atom stereocenters. The van der Waals surface area contributed by atoms with Gasteiger partial charge in [-0.1, -0.05) is 19.4 Å². The van der Waals surface area contributed by atoms with Crippen molar-refractivity contribution in [2.45, 2.75) is 57.4 Å². The van der Waals surface area contributed by atoms with E-state index in [0.717, 1.165) is 36.8 Å². The van der Waals surface area contributed by atoms with Gasteiger partial charge in [0.1, 0.15) is 4.90 Å². The molecule has 1 aliphatic rings. The largest absolute Gasteiger partial charge is 0.398 e. The molecule has 1 fully saturated rings. The van der Waals surface area contributed by atoms with E-state index in [1.807, 2.05) is 19.9 Å². The average Bonchev–Trinajstić information content (AvgIpc) is 3.19. The summed E-state index contributed by atoms with van der Waals surface area (Å²) in [5.74, 6) is 0. The summed E-state index contributed by atoms with van der Waals surface area (Å²) in [6, 6.07) is 3.74. The van der Waals surface area contributed by atoms with Crippen LogP contribution in [0.3, 0.4) is 0 Å². The van der Waals surface area contributed by atoms with Crippen molar-refractivity contribution in [3.63, 3.8) is 0 Å². The van der Waals surface area contributed by atoms with Crippen LogP contribution in [-0.2, 0) is 10.0 Å². The number of rotatable bonds is 6. The summed E-state index contributed by atoms with van der Waals surface area (Å²) in [6.07, 6.45) is 3.81. The smallest absolute Gasteiger partial charge is 0.245 e. The molecule has 0 radical (unpaired) electrons. The van der Waals surface area contributed by atoms with Crippen molar-refractivity contribution in [1.82, 2.24) is 4.31 Å². The van der Waals surface area contributed by atoms with Gasteiger partial charge in [0.2, 0.25) is 10.0 Å². The first-order valence-corrected chi connectivity index (χ1v) is 8.71. The van der Waals surface area contributed by atoms with E-state index in [4.69, 9.17) is 5.73 Å². The molecule has 2 rings (SSSR count). The number of unbranched alkanes of at least 4 members (excludes halogenated alkanes) is 1. The zero-order chi connectivity index (χ0) is 14.9. The summed E-state index contributed by atoms with van der Waals surface area (Å²) in [5.41, 5.74) is 8.05. The Morgan fingerprint density at radius 1 is 1.30 bits per heavy atom. The molecule has 0 aliphatic heterocycles. The summed E-state index contributed by atoms with van der Waals surface area (Å²) >= 11 is 0. The molecule has 2 N–H and O–H groups in total. The van der Waals surface area contributed by atoms with Gasteiger partial charge in [0.25, 0.3) is 0 Å². The van der Waals surface area contributed by atoms with Crippen molar-refractivity contribution >= 4 is 15.7 Å². The maximum absolute atomic E-state index is 13.0. The van der Waals surface area contributed by atoms with Crippen LogP contribution in [0.4, 0.5) is 5.69 Å². The quantitative estimate of drug-likeness (QED) is 0.821. The van der Waals surface area contributed by atoms with Gasteiger partial charge in [-0.05, 0) is 50.3 Å². The van der Waals surface area contributed by atoms with Crippen molar-refractivity contribution in [2.75, 3.05) is 12.3 Å². The molecule has 0 unspecified atom stereocenters. The van der Waals surface area contributed by atoms with Crippen molar-refractivity contribution in [1.29, 1.82) is 0 Å². The number of nitrogens with two attached hydrogens (primary N) is 1. The number of hydrogen-bond donors (Lipinski definition) is 1.